The lowest BCUT2D eigenvalue weighted by Crippen LogP contribution is -1.97. The van der Waals surface area contributed by atoms with Crippen LogP contribution in [0.1, 0.15) is 110 Å². The number of hydrogen-bond acceptors (Lipinski definition) is 6. The van der Waals surface area contributed by atoms with E-state index in [9.17, 15) is 9.59 Å². The molecule has 1 heterocycles. The Kier molecular flexibility index (Phi) is 28.6. The second kappa shape index (κ2) is 27.8. The molecule has 0 fully saturated rings. The maximum absolute atomic E-state index is 9.92. The SMILES string of the molecule is CCCCCCCCCCCCCCCCCCN.O=C1C=CC(=O)O1.OCCO. The van der Waals surface area contributed by atoms with Crippen molar-refractivity contribution in [3.05, 3.63) is 12.2 Å². The lowest BCUT2D eigenvalue weighted by Gasteiger charge is -2.03. The molecule has 6 nitrogen and oxygen atoms in total. The number of aliphatic hydroxyl groups excluding tert-OH is 2. The number of esters is 2. The van der Waals surface area contributed by atoms with E-state index in [2.05, 4.69) is 11.7 Å². The summed E-state index contributed by atoms with van der Waals surface area (Å²) in [5.74, 6) is -1.16. The number of carbonyl (C=O) groups is 2. The highest BCUT2D eigenvalue weighted by Gasteiger charge is 2.10. The largest absolute Gasteiger partial charge is 0.394 e. The maximum atomic E-state index is 9.92. The Morgan fingerprint density at radius 1 is 0.633 bits per heavy atom. The maximum Gasteiger partial charge on any atom is 0.338 e. The molecule has 0 saturated heterocycles. The summed E-state index contributed by atoms with van der Waals surface area (Å²) >= 11 is 0. The summed E-state index contributed by atoms with van der Waals surface area (Å²) in [5.41, 5.74) is 5.48. The predicted octanol–water partition coefficient (Wildman–Crippen LogP) is 4.80. The minimum atomic E-state index is -0.579. The third kappa shape index (κ3) is 29.0. The molecule has 0 saturated carbocycles. The fraction of sp³-hybridized carbons (Fsp3) is 0.833. The average Bonchev–Trinajstić information content (AvgIpc) is 3.14. The van der Waals surface area contributed by atoms with Gasteiger partial charge in [-0.05, 0) is 13.0 Å². The van der Waals surface area contributed by atoms with Crippen LogP contribution in [0.25, 0.3) is 0 Å². The topological polar surface area (TPSA) is 110 Å². The number of carbonyl (C=O) groups excluding carboxylic acids is 2. The molecule has 4 N–H and O–H groups in total. The molecule has 0 aromatic carbocycles. The van der Waals surface area contributed by atoms with E-state index in [4.69, 9.17) is 15.9 Å². The van der Waals surface area contributed by atoms with Crippen molar-refractivity contribution in [2.75, 3.05) is 19.8 Å². The first-order valence-electron chi connectivity index (χ1n) is 12.0. The molecular formula is C24H47NO5. The van der Waals surface area contributed by atoms with Gasteiger partial charge in [0.1, 0.15) is 0 Å². The minimum Gasteiger partial charge on any atom is -0.394 e. The van der Waals surface area contributed by atoms with Gasteiger partial charge in [-0.2, -0.15) is 0 Å². The van der Waals surface area contributed by atoms with Gasteiger partial charge in [-0.3, -0.25) is 0 Å². The lowest BCUT2D eigenvalue weighted by molar-refractivity contribution is -0.150. The highest BCUT2D eigenvalue weighted by atomic mass is 16.6. The van der Waals surface area contributed by atoms with Gasteiger partial charge < -0.3 is 20.7 Å². The molecule has 1 aliphatic heterocycles. The number of hydrogen-bond donors (Lipinski definition) is 3. The van der Waals surface area contributed by atoms with Crippen molar-refractivity contribution < 1.29 is 24.5 Å². The van der Waals surface area contributed by atoms with Crippen LogP contribution in [0.3, 0.4) is 0 Å². The van der Waals surface area contributed by atoms with Crippen LogP contribution < -0.4 is 5.73 Å². The average molecular weight is 430 g/mol. The zero-order chi connectivity index (χ0) is 22.7. The summed E-state index contributed by atoms with van der Waals surface area (Å²) < 4.78 is 3.97. The van der Waals surface area contributed by atoms with Crippen molar-refractivity contribution in [2.24, 2.45) is 5.73 Å². The molecule has 178 valence electrons. The van der Waals surface area contributed by atoms with Crippen molar-refractivity contribution in [3.8, 4) is 0 Å². The zero-order valence-electron chi connectivity index (χ0n) is 19.3. The number of rotatable bonds is 17. The van der Waals surface area contributed by atoms with Crippen LogP contribution in [-0.2, 0) is 14.3 Å². The number of ether oxygens (including phenoxy) is 1. The molecule has 30 heavy (non-hydrogen) atoms. The van der Waals surface area contributed by atoms with Crippen LogP contribution in [0.2, 0.25) is 0 Å². The number of unbranched alkanes of at least 4 members (excludes halogenated alkanes) is 15. The summed E-state index contributed by atoms with van der Waals surface area (Å²) in [7, 11) is 0. The van der Waals surface area contributed by atoms with Crippen LogP contribution in [0.4, 0.5) is 0 Å². The third-order valence-corrected chi connectivity index (χ3v) is 4.71. The summed E-state index contributed by atoms with van der Waals surface area (Å²) in [6.45, 7) is 2.91. The molecule has 0 radical (unpaired) electrons. The normalized spacial score (nSPS) is 12.1. The molecule has 0 aliphatic carbocycles. The minimum absolute atomic E-state index is 0.125. The Labute approximate surface area is 184 Å². The van der Waals surface area contributed by atoms with Crippen LogP contribution in [0.5, 0.6) is 0 Å². The Balaban J connectivity index is 0. The van der Waals surface area contributed by atoms with Crippen molar-refractivity contribution in [3.63, 3.8) is 0 Å². The van der Waals surface area contributed by atoms with E-state index in [1.165, 1.54) is 103 Å². The molecular weight excluding hydrogens is 382 g/mol. The number of nitrogens with two attached hydrogens (primary N) is 1. The first kappa shape index (κ1) is 30.9. The second-order valence-corrected chi connectivity index (χ2v) is 7.61. The summed E-state index contributed by atoms with van der Waals surface area (Å²) in [6, 6.07) is 0. The van der Waals surface area contributed by atoms with Gasteiger partial charge >= 0.3 is 11.9 Å². The smallest absolute Gasteiger partial charge is 0.338 e. The molecule has 1 aliphatic rings. The highest BCUT2D eigenvalue weighted by Crippen LogP contribution is 2.13. The molecule has 0 amide bonds. The zero-order valence-corrected chi connectivity index (χ0v) is 19.3. The van der Waals surface area contributed by atoms with Crippen LogP contribution in [-0.4, -0.2) is 41.9 Å². The summed E-state index contributed by atoms with van der Waals surface area (Å²) in [5, 5.41) is 15.2. The summed E-state index contributed by atoms with van der Waals surface area (Å²) in [6.07, 6.45) is 25.0. The van der Waals surface area contributed by atoms with E-state index >= 15 is 0 Å². The quantitative estimate of drug-likeness (QED) is 0.174. The number of cyclic esters (lactones) is 2. The van der Waals surface area contributed by atoms with E-state index in [-0.39, 0.29) is 13.2 Å². The van der Waals surface area contributed by atoms with Gasteiger partial charge in [0.25, 0.3) is 0 Å². The van der Waals surface area contributed by atoms with E-state index < -0.39 is 11.9 Å². The molecule has 1 rings (SSSR count). The second-order valence-electron chi connectivity index (χ2n) is 7.61. The molecule has 6 heteroatoms. The standard InChI is InChI=1S/C18H39N.C4H2O3.C2H6O2/c1-2-3-4-5-6-7-8-9-10-11-12-13-14-15-16-17-18-19;5-3-1-2-4(6)7-3;3-1-2-4/h2-19H2,1H3;1-2H;3-4H,1-2H2. The monoisotopic (exact) mass is 429 g/mol. The van der Waals surface area contributed by atoms with E-state index in [0.717, 1.165) is 18.7 Å². The van der Waals surface area contributed by atoms with E-state index in [1.54, 1.807) is 0 Å². The summed E-state index contributed by atoms with van der Waals surface area (Å²) in [4.78, 5) is 19.8. The Morgan fingerprint density at radius 3 is 1.13 bits per heavy atom. The lowest BCUT2D eigenvalue weighted by atomic mass is 10.0. The first-order valence-corrected chi connectivity index (χ1v) is 12.0. The van der Waals surface area contributed by atoms with Gasteiger partial charge in [0, 0.05) is 12.2 Å². The van der Waals surface area contributed by atoms with Gasteiger partial charge in [0.15, 0.2) is 0 Å². The Morgan fingerprint density at radius 2 is 0.933 bits per heavy atom. The van der Waals surface area contributed by atoms with E-state index in [1.807, 2.05) is 0 Å². The van der Waals surface area contributed by atoms with Crippen molar-refractivity contribution in [2.45, 2.75) is 110 Å². The van der Waals surface area contributed by atoms with Crippen molar-refractivity contribution >= 4 is 11.9 Å². The van der Waals surface area contributed by atoms with Gasteiger partial charge in [0.2, 0.25) is 0 Å². The van der Waals surface area contributed by atoms with Gasteiger partial charge in [-0.25, -0.2) is 9.59 Å². The third-order valence-electron chi connectivity index (χ3n) is 4.71. The van der Waals surface area contributed by atoms with Crippen LogP contribution in [0, 0.1) is 0 Å². The van der Waals surface area contributed by atoms with Gasteiger partial charge in [-0.1, -0.05) is 103 Å². The molecule has 0 aromatic rings. The molecule has 0 bridgehead atoms. The predicted molar refractivity (Wildman–Crippen MR) is 123 cm³/mol. The number of aliphatic hydroxyl groups is 2. The van der Waals surface area contributed by atoms with Crippen LogP contribution >= 0.6 is 0 Å². The van der Waals surface area contributed by atoms with Crippen molar-refractivity contribution in [1.82, 2.24) is 0 Å². The Bertz CT molecular complexity index is 365. The fourth-order valence-electron chi connectivity index (χ4n) is 3.00. The van der Waals surface area contributed by atoms with Crippen molar-refractivity contribution in [1.29, 1.82) is 0 Å². The van der Waals surface area contributed by atoms with E-state index in [0.29, 0.717) is 0 Å². The molecule has 0 unspecified atom stereocenters. The Hall–Kier alpha value is -1.24. The molecule has 0 spiro atoms. The molecule has 0 aromatic heterocycles. The fourth-order valence-corrected chi connectivity index (χ4v) is 3.00. The van der Waals surface area contributed by atoms with Crippen LogP contribution in [0.15, 0.2) is 12.2 Å². The van der Waals surface area contributed by atoms with Gasteiger partial charge in [-0.15, -0.1) is 0 Å². The highest BCUT2D eigenvalue weighted by molar-refractivity contribution is 6.04. The molecule has 0 atom stereocenters. The van der Waals surface area contributed by atoms with Gasteiger partial charge in [0.05, 0.1) is 13.2 Å². The first-order chi connectivity index (χ1) is 14.6.